The van der Waals surface area contributed by atoms with Gasteiger partial charge in [-0.05, 0) is 28.4 Å². The molecule has 0 aliphatic heterocycles. The summed E-state index contributed by atoms with van der Waals surface area (Å²) < 4.78 is 40.4. The molecule has 0 fully saturated rings. The molecule has 0 unspecified atom stereocenters. The molecular weight excluding hydrogens is 335 g/mol. The van der Waals surface area contributed by atoms with Crippen LogP contribution in [0.1, 0.15) is 16.8 Å². The second-order valence-corrected chi connectivity index (χ2v) is 5.71. The predicted octanol–water partition coefficient (Wildman–Crippen LogP) is 3.21. The lowest BCUT2D eigenvalue weighted by Crippen LogP contribution is -2.25. The zero-order chi connectivity index (χ0) is 13.6. The van der Waals surface area contributed by atoms with Crippen LogP contribution in [-0.2, 0) is 4.74 Å². The summed E-state index contributed by atoms with van der Waals surface area (Å²) in [5.41, 5.74) is 0.531. The van der Waals surface area contributed by atoms with Crippen molar-refractivity contribution < 1.29 is 22.7 Å². The molecule has 1 aromatic rings. The molecule has 0 aromatic carbocycles. The molecule has 1 heterocycles. The minimum atomic E-state index is -4.30. The van der Waals surface area contributed by atoms with E-state index < -0.39 is 12.8 Å². The molecule has 0 spiro atoms. The number of alkyl halides is 3. The highest BCUT2D eigenvalue weighted by Gasteiger charge is 2.27. The van der Waals surface area contributed by atoms with Crippen LogP contribution in [-0.4, -0.2) is 31.8 Å². The number of thiophene rings is 1. The van der Waals surface area contributed by atoms with E-state index in [1.165, 1.54) is 11.3 Å². The molecular formula is C10H11BrF3NO2S. The summed E-state index contributed by atoms with van der Waals surface area (Å²) in [6.45, 7) is -1.00. The second-order valence-electron chi connectivity index (χ2n) is 3.42. The van der Waals surface area contributed by atoms with Crippen molar-refractivity contribution in [3.8, 4) is 0 Å². The van der Waals surface area contributed by atoms with E-state index in [2.05, 4.69) is 26.0 Å². The lowest BCUT2D eigenvalue weighted by molar-refractivity contribution is -0.173. The predicted molar refractivity (Wildman–Crippen MR) is 65.8 cm³/mol. The first-order valence-electron chi connectivity index (χ1n) is 5.05. The van der Waals surface area contributed by atoms with E-state index in [9.17, 15) is 18.0 Å². The summed E-state index contributed by atoms with van der Waals surface area (Å²) in [4.78, 5) is 11.5. The number of ether oxygens (including phenoxy) is 1. The number of carbonyl (C=O) groups is 1. The first kappa shape index (κ1) is 15.5. The van der Waals surface area contributed by atoms with Crippen molar-refractivity contribution in [2.24, 2.45) is 0 Å². The molecule has 0 radical (unpaired) electrons. The molecule has 8 heteroatoms. The largest absolute Gasteiger partial charge is 0.411 e. The number of hydrogen-bond donors (Lipinski definition) is 1. The van der Waals surface area contributed by atoms with Crippen LogP contribution in [0, 0.1) is 0 Å². The highest BCUT2D eigenvalue weighted by molar-refractivity contribution is 9.11. The minimum absolute atomic E-state index is 0.0346. The number of rotatable bonds is 6. The zero-order valence-corrected chi connectivity index (χ0v) is 11.6. The molecule has 0 atom stereocenters. The number of nitrogens with one attached hydrogen (secondary N) is 1. The van der Waals surface area contributed by atoms with Gasteiger partial charge in [0.1, 0.15) is 6.61 Å². The van der Waals surface area contributed by atoms with Gasteiger partial charge in [0.25, 0.3) is 5.91 Å². The highest BCUT2D eigenvalue weighted by Crippen LogP contribution is 2.20. The lowest BCUT2D eigenvalue weighted by atomic mass is 10.3. The van der Waals surface area contributed by atoms with E-state index in [1.54, 1.807) is 11.4 Å². The van der Waals surface area contributed by atoms with Crippen molar-refractivity contribution in [3.63, 3.8) is 0 Å². The molecule has 1 rings (SSSR count). The van der Waals surface area contributed by atoms with Gasteiger partial charge >= 0.3 is 6.18 Å². The van der Waals surface area contributed by atoms with E-state index in [4.69, 9.17) is 0 Å². The lowest BCUT2D eigenvalue weighted by Gasteiger charge is -2.07. The van der Waals surface area contributed by atoms with E-state index in [0.717, 1.165) is 3.79 Å². The topological polar surface area (TPSA) is 38.3 Å². The van der Waals surface area contributed by atoms with Crippen molar-refractivity contribution in [2.45, 2.75) is 12.6 Å². The Morgan fingerprint density at radius 1 is 1.50 bits per heavy atom. The Hall–Kier alpha value is -0.600. The molecule has 102 valence electrons. The Kier molecular flexibility index (Phi) is 6.10. The number of halogens is 4. The van der Waals surface area contributed by atoms with Gasteiger partial charge in [0.05, 0.1) is 9.35 Å². The second kappa shape index (κ2) is 7.10. The smallest absolute Gasteiger partial charge is 0.372 e. The fraction of sp³-hybridized carbons (Fsp3) is 0.500. The SMILES string of the molecule is O=C(NCCCOCC(F)(F)F)c1csc(Br)c1. The van der Waals surface area contributed by atoms with Gasteiger partial charge in [-0.3, -0.25) is 4.79 Å². The molecule has 1 aromatic heterocycles. The molecule has 0 saturated carbocycles. The number of amides is 1. The van der Waals surface area contributed by atoms with Gasteiger partial charge in [0, 0.05) is 18.5 Å². The Morgan fingerprint density at radius 3 is 2.78 bits per heavy atom. The van der Waals surface area contributed by atoms with Crippen molar-refractivity contribution in [1.82, 2.24) is 5.32 Å². The first-order chi connectivity index (χ1) is 8.38. The quantitative estimate of drug-likeness (QED) is 0.804. The van der Waals surface area contributed by atoms with Crippen LogP contribution in [0.15, 0.2) is 15.2 Å². The summed E-state index contributed by atoms with van der Waals surface area (Å²) in [6, 6.07) is 1.68. The third-order valence-corrected chi connectivity index (χ3v) is 3.35. The normalized spacial score (nSPS) is 11.6. The van der Waals surface area contributed by atoms with Gasteiger partial charge in [-0.2, -0.15) is 13.2 Å². The summed E-state index contributed by atoms with van der Waals surface area (Å²) in [7, 11) is 0. The molecule has 0 bridgehead atoms. The zero-order valence-electron chi connectivity index (χ0n) is 9.22. The van der Waals surface area contributed by atoms with Gasteiger partial charge in [-0.1, -0.05) is 0 Å². The van der Waals surface area contributed by atoms with Gasteiger partial charge < -0.3 is 10.1 Å². The highest BCUT2D eigenvalue weighted by atomic mass is 79.9. The van der Waals surface area contributed by atoms with E-state index in [0.29, 0.717) is 12.0 Å². The number of carbonyl (C=O) groups excluding carboxylic acids is 1. The fourth-order valence-electron chi connectivity index (χ4n) is 1.10. The van der Waals surface area contributed by atoms with Gasteiger partial charge in [-0.25, -0.2) is 0 Å². The molecule has 0 aliphatic rings. The molecule has 0 saturated heterocycles. The summed E-state index contributed by atoms with van der Waals surface area (Å²) >= 11 is 4.62. The van der Waals surface area contributed by atoms with Crippen LogP contribution in [0.4, 0.5) is 13.2 Å². The van der Waals surface area contributed by atoms with Crippen LogP contribution >= 0.6 is 27.3 Å². The van der Waals surface area contributed by atoms with Crippen molar-refractivity contribution in [1.29, 1.82) is 0 Å². The maximum absolute atomic E-state index is 11.7. The molecule has 1 N–H and O–H groups in total. The third kappa shape index (κ3) is 6.36. The van der Waals surface area contributed by atoms with Crippen LogP contribution in [0.25, 0.3) is 0 Å². The minimum Gasteiger partial charge on any atom is -0.372 e. The maximum Gasteiger partial charge on any atom is 0.411 e. The van der Waals surface area contributed by atoms with Gasteiger partial charge in [0.15, 0.2) is 0 Å². The maximum atomic E-state index is 11.7. The number of hydrogen-bond acceptors (Lipinski definition) is 3. The first-order valence-corrected chi connectivity index (χ1v) is 6.72. The summed E-state index contributed by atoms with van der Waals surface area (Å²) in [5.74, 6) is -0.243. The Bertz CT molecular complexity index is 395. The van der Waals surface area contributed by atoms with Crippen molar-refractivity contribution >= 4 is 33.2 Å². The Balaban J connectivity index is 2.10. The molecule has 1 amide bonds. The Morgan fingerprint density at radius 2 is 2.22 bits per heavy atom. The fourth-order valence-corrected chi connectivity index (χ4v) is 2.23. The van der Waals surface area contributed by atoms with Crippen molar-refractivity contribution in [2.75, 3.05) is 19.8 Å². The van der Waals surface area contributed by atoms with E-state index >= 15 is 0 Å². The van der Waals surface area contributed by atoms with Crippen LogP contribution in [0.3, 0.4) is 0 Å². The van der Waals surface area contributed by atoms with E-state index in [-0.39, 0.29) is 19.1 Å². The molecule has 0 aliphatic carbocycles. The average Bonchev–Trinajstić information content (AvgIpc) is 2.68. The van der Waals surface area contributed by atoms with Crippen LogP contribution in [0.5, 0.6) is 0 Å². The standard InChI is InChI=1S/C10H11BrF3NO2S/c11-8-4-7(5-18-8)9(16)15-2-1-3-17-6-10(12,13)14/h4-5H,1-3,6H2,(H,15,16). The van der Waals surface area contributed by atoms with E-state index in [1.807, 2.05) is 0 Å². The van der Waals surface area contributed by atoms with Gasteiger partial charge in [-0.15, -0.1) is 11.3 Å². The van der Waals surface area contributed by atoms with Crippen molar-refractivity contribution in [3.05, 3.63) is 20.8 Å². The third-order valence-electron chi connectivity index (χ3n) is 1.85. The van der Waals surface area contributed by atoms with Crippen LogP contribution in [0.2, 0.25) is 0 Å². The van der Waals surface area contributed by atoms with Crippen LogP contribution < -0.4 is 5.32 Å². The summed E-state index contributed by atoms with van der Waals surface area (Å²) in [6.07, 6.45) is -3.96. The Labute approximate surface area is 114 Å². The summed E-state index contributed by atoms with van der Waals surface area (Å²) in [5, 5.41) is 4.29. The average molecular weight is 346 g/mol. The monoisotopic (exact) mass is 345 g/mol. The van der Waals surface area contributed by atoms with Gasteiger partial charge in [0.2, 0.25) is 0 Å². The molecule has 3 nitrogen and oxygen atoms in total. The molecule has 18 heavy (non-hydrogen) atoms.